The van der Waals surface area contributed by atoms with Gasteiger partial charge in [-0.2, -0.15) is 6.92 Å². The van der Waals surface area contributed by atoms with Gasteiger partial charge in [0.2, 0.25) is 0 Å². The Bertz CT molecular complexity index is 8.75. The Balaban J connectivity index is -0.00000000500. The Hall–Kier alpha value is 1.34. The fraction of sp³-hybridized carbons (Fsp3) is 0.333. The van der Waals surface area contributed by atoms with Gasteiger partial charge < -0.3 is 12.0 Å². The monoisotopic (exact) mass is 428 g/mol. The van der Waals surface area contributed by atoms with E-state index in [1.165, 1.54) is 0 Å². The van der Waals surface area contributed by atoms with Crippen LogP contribution in [0.25, 0.3) is 0 Å². The number of aliphatic hydroxyl groups excluding tert-OH is 1. The first-order chi connectivity index (χ1) is 2.00. The van der Waals surface area contributed by atoms with Crippen molar-refractivity contribution in [1.82, 2.24) is 0 Å². The van der Waals surface area contributed by atoms with Crippen LogP contribution in [0.3, 0.4) is 0 Å². The molecule has 0 spiro atoms. The molecule has 0 amide bonds. The zero-order valence-corrected chi connectivity index (χ0v) is 9.54. The third-order valence-corrected chi connectivity index (χ3v) is 0. The Kier molecular flexibility index (Phi) is 445. The molecule has 0 aliphatic rings. The van der Waals surface area contributed by atoms with E-state index in [2.05, 4.69) is 14.0 Å². The Morgan fingerprint density at radius 2 is 1.17 bits per heavy atom. The zero-order chi connectivity index (χ0) is 4.00. The van der Waals surface area contributed by atoms with E-state index in [0.29, 0.717) is 0 Å². The quantitative estimate of drug-likeness (QED) is 0.572. The van der Waals surface area contributed by atoms with E-state index < -0.39 is 0 Å². The third-order valence-electron chi connectivity index (χ3n) is 0. The molecule has 0 aliphatic heterocycles. The summed E-state index contributed by atoms with van der Waals surface area (Å²) in [4.78, 5) is 0. The molecule has 0 atom stereocenters. The number of rotatable bonds is 0. The molecule has 0 aromatic carbocycles. The molecule has 0 radical (unpaired) electrons. The second-order valence-electron chi connectivity index (χ2n) is 0. The van der Waals surface area contributed by atoms with Gasteiger partial charge in [-0.1, -0.05) is 0 Å². The summed E-state index contributed by atoms with van der Waals surface area (Å²) in [5.74, 6) is 0. The van der Waals surface area contributed by atoms with Crippen LogP contribution in [0.5, 0.6) is 0 Å². The molecule has 0 aliphatic carbocycles. The molecule has 0 heterocycles. The summed E-state index contributed by atoms with van der Waals surface area (Å²) in [6, 6.07) is 0. The minimum absolute atomic E-state index is 0. The van der Waals surface area contributed by atoms with Crippen LogP contribution in [0.4, 0.5) is 0 Å². The molecule has 0 unspecified atom stereocenters. The number of hydrogen-bond donors (Lipinski definition) is 1. The second-order valence-corrected chi connectivity index (χ2v) is 0. The van der Waals surface area contributed by atoms with Gasteiger partial charge in [0.15, 0.2) is 0 Å². The molecule has 0 saturated carbocycles. The van der Waals surface area contributed by atoms with Crippen LogP contribution in [-0.4, -0.2) is 5.11 Å². The summed E-state index contributed by atoms with van der Waals surface area (Å²) in [5, 5.41) is 6.75. The van der Waals surface area contributed by atoms with Gasteiger partial charge in [-0.3, -0.25) is 0 Å². The molecule has 0 fully saturated rings. The number of aliphatic hydroxyl groups is 1. The molecule has 0 bridgehead atoms. The summed E-state index contributed by atoms with van der Waals surface area (Å²) in [7, 11) is 2.25. The minimum atomic E-state index is 0. The van der Waals surface area contributed by atoms with Gasteiger partial charge in [-0.25, -0.2) is 7.11 Å². The van der Waals surface area contributed by atoms with Crippen molar-refractivity contribution in [2.45, 2.75) is 6.92 Å². The van der Waals surface area contributed by atoms with Crippen LogP contribution < -0.4 is 0 Å². The maximum absolute atomic E-state index is 6.75. The maximum atomic E-state index is 6.75. The molecule has 0 aromatic heterocycles. The topological polar surface area (TPSA) is 20.2 Å². The third kappa shape index (κ3) is 56.2. The molecule has 1 nitrogen and oxygen atoms in total. The van der Waals surface area contributed by atoms with Gasteiger partial charge in [-0.05, 0) is 0 Å². The maximum Gasteiger partial charge on any atom is 2.00 e. The Morgan fingerprint density at radius 3 is 1.17 bits per heavy atom. The Morgan fingerprint density at radius 1 is 1.17 bits per heavy atom. The molecular formula is C3H8OW2. The summed E-state index contributed by atoms with van der Waals surface area (Å²) in [5.41, 5.74) is 0. The average Bonchev–Trinajstić information content (AvgIpc) is 1.50. The van der Waals surface area contributed by atoms with E-state index in [0.717, 1.165) is 0 Å². The van der Waals surface area contributed by atoms with Crippen LogP contribution in [0.2, 0.25) is 0 Å². The molecule has 1 N–H and O–H groups in total. The fourth-order valence-corrected chi connectivity index (χ4v) is 0. The van der Waals surface area contributed by atoms with Crippen LogP contribution >= 0.6 is 0 Å². The molecule has 3 heteroatoms. The van der Waals surface area contributed by atoms with Crippen molar-refractivity contribution in [2.75, 3.05) is 0 Å². The largest absolute Gasteiger partial charge is 2.00 e. The van der Waals surface area contributed by atoms with E-state index >= 15 is 0 Å². The van der Waals surface area contributed by atoms with E-state index in [9.17, 15) is 0 Å². The van der Waals surface area contributed by atoms with Crippen LogP contribution in [0.1, 0.15) is 6.92 Å². The van der Waals surface area contributed by atoms with Gasteiger partial charge in [0.25, 0.3) is 0 Å². The molecule has 6 heavy (non-hydrogen) atoms. The fourth-order valence-electron chi connectivity index (χ4n) is 0. The van der Waals surface area contributed by atoms with E-state index in [4.69, 9.17) is 5.11 Å². The first-order valence-corrected chi connectivity index (χ1v) is 1.02. The van der Waals surface area contributed by atoms with Crippen LogP contribution in [0, 0.1) is 14.0 Å². The first kappa shape index (κ1) is 26.5. The molecule has 0 rings (SSSR count). The van der Waals surface area contributed by atoms with E-state index in [1.54, 1.807) is 6.92 Å². The zero-order valence-electron chi connectivity index (χ0n) is 3.68. The summed E-state index contributed by atoms with van der Waals surface area (Å²) in [6.07, 6.45) is 0. The standard InChI is InChI=1S/C2H5.CH3O.2W/c2*1-2;;/h1H2,2H3;2H,1H2;;/q2*-1;;+2. The molecule has 0 aromatic rings. The van der Waals surface area contributed by atoms with Crippen molar-refractivity contribution < 1.29 is 47.2 Å². The smallest absolute Gasteiger partial charge is 0.569 e. The average molecular weight is 428 g/mol. The predicted octanol–water partition coefficient (Wildman–Crippen LogP) is 0.986. The van der Waals surface area contributed by atoms with Crippen molar-refractivity contribution >= 4 is 0 Å². The molecule has 0 saturated heterocycles. The molecular weight excluding hydrogens is 420 g/mol. The van der Waals surface area contributed by atoms with Crippen molar-refractivity contribution in [1.29, 1.82) is 0 Å². The van der Waals surface area contributed by atoms with Gasteiger partial charge >= 0.3 is 21.1 Å². The number of hydrogen-bond acceptors (Lipinski definition) is 1. The first-order valence-electron chi connectivity index (χ1n) is 1.02. The summed E-state index contributed by atoms with van der Waals surface area (Å²) in [6.45, 7) is 5.00. The Labute approximate surface area is 68.0 Å². The van der Waals surface area contributed by atoms with Gasteiger partial charge in [0.1, 0.15) is 0 Å². The summed E-state index contributed by atoms with van der Waals surface area (Å²) >= 11 is 0. The van der Waals surface area contributed by atoms with Crippen molar-refractivity contribution in [3.63, 3.8) is 0 Å². The minimum Gasteiger partial charge on any atom is -0.569 e. The van der Waals surface area contributed by atoms with Crippen molar-refractivity contribution in [3.8, 4) is 0 Å². The van der Waals surface area contributed by atoms with E-state index in [1.807, 2.05) is 0 Å². The SMILES string of the molecule is [CH2-]C.[CH2-]O.[W+2].[W]. The van der Waals surface area contributed by atoms with E-state index in [-0.39, 0.29) is 42.1 Å². The van der Waals surface area contributed by atoms with Crippen LogP contribution in [-0.2, 0) is 42.1 Å². The summed E-state index contributed by atoms with van der Waals surface area (Å²) < 4.78 is 0. The normalized spacial score (nSPS) is 2.00. The van der Waals surface area contributed by atoms with Gasteiger partial charge in [0, 0.05) is 21.1 Å². The second kappa shape index (κ2) is 101. The predicted molar refractivity (Wildman–Crippen MR) is 18.3 cm³/mol. The van der Waals surface area contributed by atoms with Gasteiger partial charge in [0.05, 0.1) is 0 Å². The van der Waals surface area contributed by atoms with Crippen molar-refractivity contribution in [2.24, 2.45) is 0 Å². The molecule has 38 valence electrons. The van der Waals surface area contributed by atoms with Crippen LogP contribution in [0.15, 0.2) is 0 Å². The van der Waals surface area contributed by atoms with Gasteiger partial charge in [-0.15, -0.1) is 0 Å². The van der Waals surface area contributed by atoms with Crippen molar-refractivity contribution in [3.05, 3.63) is 14.0 Å².